The maximum absolute atomic E-state index is 14.0. The molecule has 1 heterocycles. The fourth-order valence-corrected chi connectivity index (χ4v) is 5.22. The zero-order valence-corrected chi connectivity index (χ0v) is 20.6. The standard InChI is InChI=1S/C22H37N3O5S/c1-17(2)16-19(4)25(27,21(26)30-22(5,6)7)23-12-14-24(15-13-23)31(28,29)20-10-8-18(3)9-11-20/h8-11,17,19H,12-16H2,1-7H3. The van der Waals surface area contributed by atoms with Crippen molar-refractivity contribution in [3.05, 3.63) is 35.0 Å². The number of rotatable bonds is 6. The van der Waals surface area contributed by atoms with Crippen LogP contribution < -0.4 is 0 Å². The molecule has 2 atom stereocenters. The molecule has 0 aliphatic carbocycles. The summed E-state index contributed by atoms with van der Waals surface area (Å²) in [4.78, 5) is 13.2. The van der Waals surface area contributed by atoms with E-state index < -0.39 is 32.5 Å². The minimum absolute atomic E-state index is 0.135. The molecular weight excluding hydrogens is 418 g/mol. The van der Waals surface area contributed by atoms with Crippen LogP contribution in [0.5, 0.6) is 0 Å². The number of carbonyl (C=O) groups excluding carboxylic acids is 1. The van der Waals surface area contributed by atoms with Crippen molar-refractivity contribution >= 4 is 16.1 Å². The number of sulfonamides is 1. The number of piperazine rings is 1. The summed E-state index contributed by atoms with van der Waals surface area (Å²) >= 11 is 0. The summed E-state index contributed by atoms with van der Waals surface area (Å²) in [5.74, 6) is 0.229. The van der Waals surface area contributed by atoms with E-state index in [4.69, 9.17) is 4.74 Å². The minimum Gasteiger partial charge on any atom is -0.601 e. The van der Waals surface area contributed by atoms with Crippen LogP contribution in [0.1, 0.15) is 53.5 Å². The van der Waals surface area contributed by atoms with Crippen LogP contribution in [0.25, 0.3) is 0 Å². The van der Waals surface area contributed by atoms with Crippen LogP contribution >= 0.6 is 0 Å². The SMILES string of the molecule is Cc1ccc(S(=O)(=O)N2CCN([N+]([O-])(C(=O)OC(C)(C)C)C(C)CC(C)C)CC2)cc1. The smallest absolute Gasteiger partial charge is 0.537 e. The molecule has 0 aromatic heterocycles. The van der Waals surface area contributed by atoms with Gasteiger partial charge in [0.25, 0.3) is 0 Å². The van der Waals surface area contributed by atoms with Crippen molar-refractivity contribution in [2.45, 2.75) is 71.4 Å². The molecule has 2 rings (SSSR count). The fourth-order valence-electron chi connectivity index (χ4n) is 3.80. The van der Waals surface area contributed by atoms with Crippen molar-refractivity contribution in [2.24, 2.45) is 5.92 Å². The molecule has 1 aliphatic rings. The van der Waals surface area contributed by atoms with E-state index >= 15 is 0 Å². The predicted molar refractivity (Wildman–Crippen MR) is 120 cm³/mol. The lowest BCUT2D eigenvalue weighted by atomic mass is 10.0. The molecule has 9 heteroatoms. The van der Waals surface area contributed by atoms with Crippen molar-refractivity contribution in [1.82, 2.24) is 9.31 Å². The normalized spacial score (nSPS) is 19.8. The van der Waals surface area contributed by atoms with E-state index in [-0.39, 0.29) is 37.0 Å². The van der Waals surface area contributed by atoms with E-state index in [1.807, 2.05) is 20.8 Å². The molecule has 1 saturated heterocycles. The number of benzene rings is 1. The maximum atomic E-state index is 14.0. The monoisotopic (exact) mass is 455 g/mol. The third kappa shape index (κ3) is 6.04. The van der Waals surface area contributed by atoms with Gasteiger partial charge in [0.2, 0.25) is 10.0 Å². The van der Waals surface area contributed by atoms with Crippen molar-refractivity contribution in [1.29, 1.82) is 0 Å². The molecular formula is C22H37N3O5S. The molecule has 1 aromatic rings. The quantitative estimate of drug-likeness (QED) is 0.477. The molecule has 0 saturated carbocycles. The van der Waals surface area contributed by atoms with Crippen LogP contribution in [0.4, 0.5) is 4.79 Å². The van der Waals surface area contributed by atoms with Crippen molar-refractivity contribution in [2.75, 3.05) is 26.2 Å². The first-order valence-corrected chi connectivity index (χ1v) is 12.3. The molecule has 1 amide bonds. The Hall–Kier alpha value is -1.52. The Labute approximate surface area is 187 Å². The van der Waals surface area contributed by atoms with Gasteiger partial charge in [-0.3, -0.25) is 0 Å². The second kappa shape index (κ2) is 9.54. The summed E-state index contributed by atoms with van der Waals surface area (Å²) < 4.78 is 31.6. The third-order valence-corrected chi connectivity index (χ3v) is 7.27. The molecule has 176 valence electrons. The molecule has 0 N–H and O–H groups in total. The summed E-state index contributed by atoms with van der Waals surface area (Å²) in [6, 6.07) is 6.17. The van der Waals surface area contributed by atoms with E-state index in [0.717, 1.165) is 5.56 Å². The molecule has 8 nitrogen and oxygen atoms in total. The number of hydroxylamine groups is 2. The highest BCUT2D eigenvalue weighted by atomic mass is 32.2. The van der Waals surface area contributed by atoms with Crippen LogP contribution in [0, 0.1) is 18.0 Å². The lowest BCUT2D eigenvalue weighted by molar-refractivity contribution is -0.951. The number of hydrogen-bond donors (Lipinski definition) is 0. The number of nitrogens with zero attached hydrogens (tertiary/aromatic N) is 3. The molecule has 2 unspecified atom stereocenters. The molecule has 0 spiro atoms. The number of hydrogen-bond acceptors (Lipinski definition) is 6. The van der Waals surface area contributed by atoms with Gasteiger partial charge >= 0.3 is 6.09 Å². The topological polar surface area (TPSA) is 90.0 Å². The van der Waals surface area contributed by atoms with E-state index in [1.54, 1.807) is 52.0 Å². The molecule has 0 bridgehead atoms. The zero-order chi connectivity index (χ0) is 23.6. The summed E-state index contributed by atoms with van der Waals surface area (Å²) in [6.07, 6.45) is -0.305. The van der Waals surface area contributed by atoms with Gasteiger partial charge in [-0.25, -0.2) is 8.42 Å². The van der Waals surface area contributed by atoms with Crippen LogP contribution in [-0.2, 0) is 14.8 Å². The molecule has 1 aromatic carbocycles. The number of quaternary nitrogens is 1. The van der Waals surface area contributed by atoms with Crippen LogP contribution in [0.2, 0.25) is 0 Å². The van der Waals surface area contributed by atoms with E-state index in [2.05, 4.69) is 0 Å². The molecule has 1 fully saturated rings. The lowest BCUT2D eigenvalue weighted by Crippen LogP contribution is -2.68. The summed E-state index contributed by atoms with van der Waals surface area (Å²) in [5, 5.41) is 15.5. The first-order valence-electron chi connectivity index (χ1n) is 10.8. The Morgan fingerprint density at radius 2 is 1.61 bits per heavy atom. The van der Waals surface area contributed by atoms with Gasteiger partial charge < -0.3 is 9.94 Å². The van der Waals surface area contributed by atoms with Crippen molar-refractivity contribution < 1.29 is 22.7 Å². The average Bonchev–Trinajstić information content (AvgIpc) is 2.65. The van der Waals surface area contributed by atoms with Crippen LogP contribution in [0.3, 0.4) is 0 Å². The minimum atomic E-state index is -3.65. The summed E-state index contributed by atoms with van der Waals surface area (Å²) in [5.41, 5.74) is 0.188. The second-order valence-electron chi connectivity index (χ2n) is 9.75. The van der Waals surface area contributed by atoms with Crippen molar-refractivity contribution in [3.8, 4) is 0 Å². The Morgan fingerprint density at radius 1 is 1.10 bits per heavy atom. The van der Waals surface area contributed by atoms with Gasteiger partial charge in [-0.2, -0.15) is 13.9 Å². The van der Waals surface area contributed by atoms with Gasteiger partial charge in [-0.05, 0) is 52.7 Å². The third-order valence-electron chi connectivity index (χ3n) is 5.36. The maximum Gasteiger partial charge on any atom is 0.537 e. The Balaban J connectivity index is 2.23. The summed E-state index contributed by atoms with van der Waals surface area (Å²) in [6.45, 7) is 13.4. The van der Waals surface area contributed by atoms with E-state index in [1.165, 1.54) is 9.31 Å². The Morgan fingerprint density at radius 3 is 2.06 bits per heavy atom. The molecule has 31 heavy (non-hydrogen) atoms. The first kappa shape index (κ1) is 25.7. The first-order chi connectivity index (χ1) is 14.2. The van der Waals surface area contributed by atoms with E-state index in [9.17, 15) is 18.4 Å². The molecule has 0 radical (unpaired) electrons. The van der Waals surface area contributed by atoms with Crippen LogP contribution in [-0.4, -0.2) is 66.4 Å². The van der Waals surface area contributed by atoms with Gasteiger partial charge in [0.1, 0.15) is 11.6 Å². The predicted octanol–water partition coefficient (Wildman–Crippen LogP) is 3.90. The summed E-state index contributed by atoms with van der Waals surface area (Å²) in [7, 11) is -3.65. The second-order valence-corrected chi connectivity index (χ2v) is 11.7. The van der Waals surface area contributed by atoms with Gasteiger partial charge in [0.15, 0.2) is 0 Å². The van der Waals surface area contributed by atoms with Crippen LogP contribution in [0.15, 0.2) is 29.2 Å². The largest absolute Gasteiger partial charge is 0.601 e. The van der Waals surface area contributed by atoms with Gasteiger partial charge in [0, 0.05) is 19.5 Å². The number of carbonyl (C=O) groups is 1. The number of ether oxygens (including phenoxy) is 1. The highest BCUT2D eigenvalue weighted by Crippen LogP contribution is 2.28. The highest BCUT2D eigenvalue weighted by molar-refractivity contribution is 7.89. The zero-order valence-electron chi connectivity index (χ0n) is 19.8. The number of aryl methyl sites for hydroxylation is 1. The van der Waals surface area contributed by atoms with Gasteiger partial charge in [-0.15, -0.1) is 5.01 Å². The lowest BCUT2D eigenvalue weighted by Gasteiger charge is -2.52. The average molecular weight is 456 g/mol. The Kier molecular flexibility index (Phi) is 7.92. The van der Waals surface area contributed by atoms with Crippen molar-refractivity contribution in [3.63, 3.8) is 0 Å². The van der Waals surface area contributed by atoms with E-state index in [0.29, 0.717) is 6.42 Å². The fraction of sp³-hybridized carbons (Fsp3) is 0.682. The molecule has 1 aliphatic heterocycles. The van der Waals surface area contributed by atoms with Gasteiger partial charge in [0.05, 0.1) is 18.0 Å². The Bertz CT molecular complexity index is 856. The number of amides is 1. The highest BCUT2D eigenvalue weighted by Gasteiger charge is 2.46. The van der Waals surface area contributed by atoms with Gasteiger partial charge in [-0.1, -0.05) is 31.5 Å².